The first-order valence-electron chi connectivity index (χ1n) is 16.1. The number of benzene rings is 6. The number of furan rings is 1. The summed E-state index contributed by atoms with van der Waals surface area (Å²) in [6, 6.07) is 43.3. The van der Waals surface area contributed by atoms with Gasteiger partial charge in [0.2, 0.25) is 0 Å². The van der Waals surface area contributed by atoms with Gasteiger partial charge in [-0.15, -0.1) is 0 Å². The zero-order valence-corrected chi connectivity index (χ0v) is 28.8. The molecule has 0 aliphatic rings. The molecule has 4 heteroatoms. The predicted octanol–water partition coefficient (Wildman–Crippen LogP) is 11.0. The molecule has 0 unspecified atom stereocenters. The Balaban J connectivity index is 1.56. The first kappa shape index (κ1) is 30.7. The third-order valence-electron chi connectivity index (χ3n) is 9.00. The standard InChI is InChI=1S/C43H39N2OP/c1-28-23-30(3)40(31(4)24-28)44-27-34-15-13-20-37-38-21-14-22-39(43(38)46-42(34)37)47(35-16-9-7-10-17-35,36-18-11-8-12-19-36)45-41-32(5)25-29(2)26-33(41)6/h7-27H,1-6H3/b44-27+. The molecule has 47 heavy (non-hydrogen) atoms. The molecule has 0 bridgehead atoms. The number of hydrogen-bond donors (Lipinski definition) is 0. The van der Waals surface area contributed by atoms with Crippen LogP contribution in [0, 0.1) is 41.5 Å². The molecular formula is C43H39N2OP. The Morgan fingerprint density at radius 2 is 1.00 bits per heavy atom. The van der Waals surface area contributed by atoms with Crippen molar-refractivity contribution < 1.29 is 4.42 Å². The fourth-order valence-corrected chi connectivity index (χ4v) is 10.8. The molecule has 7 rings (SSSR count). The number of nitrogens with zero attached hydrogens (tertiary/aromatic N) is 2. The van der Waals surface area contributed by atoms with Crippen molar-refractivity contribution in [2.24, 2.45) is 9.74 Å². The van der Waals surface area contributed by atoms with E-state index in [9.17, 15) is 0 Å². The van der Waals surface area contributed by atoms with Crippen LogP contribution in [0.1, 0.15) is 38.9 Å². The number of hydrogen-bond acceptors (Lipinski definition) is 3. The van der Waals surface area contributed by atoms with E-state index in [0.29, 0.717) is 0 Å². The Hall–Kier alpha value is -4.98. The highest BCUT2D eigenvalue weighted by Crippen LogP contribution is 2.52. The predicted molar refractivity (Wildman–Crippen MR) is 203 cm³/mol. The Bertz CT molecular complexity index is 2280. The van der Waals surface area contributed by atoms with Crippen LogP contribution in [0.15, 0.2) is 135 Å². The maximum absolute atomic E-state index is 7.03. The largest absolute Gasteiger partial charge is 0.455 e. The highest BCUT2D eigenvalue weighted by Gasteiger charge is 2.32. The molecule has 232 valence electrons. The minimum atomic E-state index is -2.64. The fraction of sp³-hybridized carbons (Fsp3) is 0.140. The van der Waals surface area contributed by atoms with Crippen molar-refractivity contribution in [1.29, 1.82) is 0 Å². The highest BCUT2D eigenvalue weighted by molar-refractivity contribution is 7.87. The van der Waals surface area contributed by atoms with Gasteiger partial charge in [-0.1, -0.05) is 120 Å². The van der Waals surface area contributed by atoms with E-state index in [1.54, 1.807) is 0 Å². The molecule has 3 nitrogen and oxygen atoms in total. The van der Waals surface area contributed by atoms with Crippen LogP contribution in [0.3, 0.4) is 0 Å². The van der Waals surface area contributed by atoms with E-state index in [1.165, 1.54) is 44.0 Å². The van der Waals surface area contributed by atoms with Gasteiger partial charge < -0.3 is 4.42 Å². The molecule has 0 aliphatic heterocycles. The number of aryl methyl sites for hydroxylation is 6. The number of rotatable bonds is 6. The van der Waals surface area contributed by atoms with E-state index in [4.69, 9.17) is 14.2 Å². The highest BCUT2D eigenvalue weighted by atomic mass is 31.2. The molecule has 0 saturated heterocycles. The van der Waals surface area contributed by atoms with Gasteiger partial charge in [-0.3, -0.25) is 9.74 Å². The minimum Gasteiger partial charge on any atom is -0.455 e. The van der Waals surface area contributed by atoms with Gasteiger partial charge in [0, 0.05) is 38.5 Å². The van der Waals surface area contributed by atoms with Gasteiger partial charge in [0.15, 0.2) is 0 Å². The first-order valence-corrected chi connectivity index (χ1v) is 17.9. The Morgan fingerprint density at radius 1 is 0.511 bits per heavy atom. The van der Waals surface area contributed by atoms with Crippen molar-refractivity contribution in [1.82, 2.24) is 0 Å². The molecule has 0 spiro atoms. The monoisotopic (exact) mass is 630 g/mol. The summed E-state index contributed by atoms with van der Waals surface area (Å²) >= 11 is 0. The van der Waals surface area contributed by atoms with Gasteiger partial charge in [-0.25, -0.2) is 0 Å². The summed E-state index contributed by atoms with van der Waals surface area (Å²) in [4.78, 5) is 4.99. The van der Waals surface area contributed by atoms with Gasteiger partial charge in [0.25, 0.3) is 0 Å². The molecule has 0 N–H and O–H groups in total. The molecular weight excluding hydrogens is 591 g/mol. The summed E-state index contributed by atoms with van der Waals surface area (Å²) in [6.07, 6.45) is 1.95. The maximum atomic E-state index is 7.03. The molecule has 7 aromatic rings. The van der Waals surface area contributed by atoms with Crippen LogP contribution >= 0.6 is 7.05 Å². The zero-order valence-electron chi connectivity index (χ0n) is 27.9. The second-order valence-electron chi connectivity index (χ2n) is 12.6. The van der Waals surface area contributed by atoms with Crippen LogP contribution in [-0.4, -0.2) is 6.21 Å². The second-order valence-corrected chi connectivity index (χ2v) is 15.6. The molecule has 0 saturated carbocycles. The summed E-state index contributed by atoms with van der Waals surface area (Å²) in [5.74, 6) is 0. The lowest BCUT2D eigenvalue weighted by Crippen LogP contribution is -2.25. The molecule has 6 aromatic carbocycles. The molecule has 0 radical (unpaired) electrons. The second kappa shape index (κ2) is 12.3. The normalized spacial score (nSPS) is 12.0. The van der Waals surface area contributed by atoms with Crippen LogP contribution in [0.2, 0.25) is 0 Å². The van der Waals surface area contributed by atoms with Crippen molar-refractivity contribution in [2.75, 3.05) is 0 Å². The van der Waals surface area contributed by atoms with E-state index < -0.39 is 7.05 Å². The van der Waals surface area contributed by atoms with E-state index >= 15 is 0 Å². The molecule has 0 atom stereocenters. The summed E-state index contributed by atoms with van der Waals surface area (Å²) < 4.78 is 12.9. The van der Waals surface area contributed by atoms with E-state index in [-0.39, 0.29) is 0 Å². The van der Waals surface area contributed by atoms with Gasteiger partial charge in [0.1, 0.15) is 11.2 Å². The molecule has 0 amide bonds. The Morgan fingerprint density at radius 3 is 1.55 bits per heavy atom. The molecule has 1 heterocycles. The van der Waals surface area contributed by atoms with Crippen LogP contribution in [0.5, 0.6) is 0 Å². The lowest BCUT2D eigenvalue weighted by molar-refractivity contribution is 0.671. The third-order valence-corrected chi connectivity index (χ3v) is 12.6. The van der Waals surface area contributed by atoms with Crippen molar-refractivity contribution in [3.8, 4) is 0 Å². The number of fused-ring (bicyclic) bond motifs is 3. The van der Waals surface area contributed by atoms with Crippen molar-refractivity contribution >= 4 is 62.5 Å². The summed E-state index contributed by atoms with van der Waals surface area (Å²) in [7, 11) is -2.64. The van der Waals surface area contributed by atoms with Gasteiger partial charge in [-0.2, -0.15) is 0 Å². The van der Waals surface area contributed by atoms with Gasteiger partial charge in [0.05, 0.1) is 18.4 Å². The van der Waals surface area contributed by atoms with Crippen LogP contribution in [0.4, 0.5) is 11.4 Å². The first-order chi connectivity index (χ1) is 22.8. The van der Waals surface area contributed by atoms with E-state index in [2.05, 4.69) is 163 Å². The van der Waals surface area contributed by atoms with Crippen molar-refractivity contribution in [3.63, 3.8) is 0 Å². The van der Waals surface area contributed by atoms with E-state index in [1.807, 2.05) is 6.21 Å². The lowest BCUT2D eigenvalue weighted by Gasteiger charge is -2.28. The fourth-order valence-electron chi connectivity index (χ4n) is 7.06. The summed E-state index contributed by atoms with van der Waals surface area (Å²) in [5.41, 5.74) is 11.9. The quantitative estimate of drug-likeness (QED) is 0.133. The van der Waals surface area contributed by atoms with Crippen LogP contribution < -0.4 is 15.9 Å². The lowest BCUT2D eigenvalue weighted by atomic mass is 10.1. The third kappa shape index (κ3) is 5.45. The Labute approximate surface area is 277 Å². The summed E-state index contributed by atoms with van der Waals surface area (Å²) in [5, 5.41) is 5.64. The molecule has 0 fully saturated rings. The van der Waals surface area contributed by atoms with Crippen LogP contribution in [0.25, 0.3) is 21.9 Å². The number of aliphatic imine (C=N–C) groups is 1. The van der Waals surface area contributed by atoms with Crippen molar-refractivity contribution in [3.05, 3.63) is 160 Å². The SMILES string of the molecule is Cc1cc(C)c(N=P(c2ccccc2)(c2ccccc2)c2cccc3c2oc2c(/C=N/c4c(C)cc(C)cc4C)cccc23)c(C)c1. The summed E-state index contributed by atoms with van der Waals surface area (Å²) in [6.45, 7) is 12.9. The number of para-hydroxylation sites is 2. The minimum absolute atomic E-state index is 0.836. The van der Waals surface area contributed by atoms with Gasteiger partial charge >= 0.3 is 0 Å². The Kier molecular flexibility index (Phi) is 8.04. The smallest absolute Gasteiger partial charge is 0.145 e. The average Bonchev–Trinajstić information content (AvgIpc) is 3.45. The van der Waals surface area contributed by atoms with Gasteiger partial charge in [-0.05, 0) is 75.9 Å². The average molecular weight is 631 g/mol. The van der Waals surface area contributed by atoms with Crippen molar-refractivity contribution in [2.45, 2.75) is 41.5 Å². The topological polar surface area (TPSA) is 37.9 Å². The zero-order chi connectivity index (χ0) is 32.7. The maximum Gasteiger partial charge on any atom is 0.145 e. The van der Waals surface area contributed by atoms with E-state index in [0.717, 1.165) is 44.2 Å². The molecule has 1 aromatic heterocycles. The molecule has 0 aliphatic carbocycles. The van der Waals surface area contributed by atoms with Crippen LogP contribution in [-0.2, 0) is 0 Å².